The highest BCUT2D eigenvalue weighted by Crippen LogP contribution is 2.16. The van der Waals surface area contributed by atoms with Crippen LogP contribution in [0.25, 0.3) is 11.4 Å². The monoisotopic (exact) mass is 243 g/mol. The maximum atomic E-state index is 4.44. The van der Waals surface area contributed by atoms with Gasteiger partial charge in [-0.3, -0.25) is 0 Å². The van der Waals surface area contributed by atoms with Crippen molar-refractivity contribution in [3.05, 3.63) is 42.7 Å². The zero-order valence-corrected chi connectivity index (χ0v) is 11.1. The molecule has 1 N–H and O–H groups in total. The molecule has 18 heavy (non-hydrogen) atoms. The molecule has 0 radical (unpaired) electrons. The molecule has 0 saturated heterocycles. The Morgan fingerprint density at radius 2 is 2.06 bits per heavy atom. The fourth-order valence-electron chi connectivity index (χ4n) is 1.91. The average Bonchev–Trinajstić information content (AvgIpc) is 2.88. The zero-order valence-electron chi connectivity index (χ0n) is 11.1. The van der Waals surface area contributed by atoms with Crippen LogP contribution < -0.4 is 5.32 Å². The van der Waals surface area contributed by atoms with Gasteiger partial charge in [0.2, 0.25) is 0 Å². The summed E-state index contributed by atoms with van der Waals surface area (Å²) in [5.41, 5.74) is 1.17. The Morgan fingerprint density at radius 3 is 2.78 bits per heavy atom. The second-order valence-electron chi connectivity index (χ2n) is 4.57. The van der Waals surface area contributed by atoms with Gasteiger partial charge in [-0.25, -0.2) is 4.98 Å². The highest BCUT2D eigenvalue weighted by atomic mass is 15.1. The molecule has 0 amide bonds. The van der Waals surface area contributed by atoms with Crippen molar-refractivity contribution in [1.82, 2.24) is 14.9 Å². The highest BCUT2D eigenvalue weighted by Gasteiger charge is 2.05. The van der Waals surface area contributed by atoms with E-state index in [0.29, 0.717) is 6.04 Å². The molecule has 3 nitrogen and oxygen atoms in total. The minimum atomic E-state index is 0.577. The lowest BCUT2D eigenvalue weighted by Crippen LogP contribution is -2.28. The smallest absolute Gasteiger partial charge is 0.139 e. The van der Waals surface area contributed by atoms with Crippen LogP contribution in [0.15, 0.2) is 42.7 Å². The van der Waals surface area contributed by atoms with E-state index in [0.717, 1.165) is 25.3 Å². The number of nitrogens with zero attached hydrogens (tertiary/aromatic N) is 2. The van der Waals surface area contributed by atoms with E-state index in [1.54, 1.807) is 0 Å². The third kappa shape index (κ3) is 3.20. The fraction of sp³-hybridized carbons (Fsp3) is 0.400. The first-order valence-corrected chi connectivity index (χ1v) is 6.61. The predicted octanol–water partition coefficient (Wildman–Crippen LogP) is 2.94. The van der Waals surface area contributed by atoms with Gasteiger partial charge < -0.3 is 9.88 Å². The van der Waals surface area contributed by atoms with Crippen molar-refractivity contribution in [2.75, 3.05) is 6.54 Å². The fourth-order valence-corrected chi connectivity index (χ4v) is 1.91. The number of aromatic nitrogens is 2. The Hall–Kier alpha value is -1.61. The van der Waals surface area contributed by atoms with E-state index >= 15 is 0 Å². The molecule has 0 saturated carbocycles. The summed E-state index contributed by atoms with van der Waals surface area (Å²) < 4.78 is 2.20. The van der Waals surface area contributed by atoms with Gasteiger partial charge in [0.15, 0.2) is 0 Å². The van der Waals surface area contributed by atoms with Crippen LogP contribution in [0.5, 0.6) is 0 Å². The Bertz CT molecular complexity index is 462. The topological polar surface area (TPSA) is 29.9 Å². The second-order valence-corrected chi connectivity index (χ2v) is 4.57. The molecule has 2 rings (SSSR count). The van der Waals surface area contributed by atoms with Gasteiger partial charge >= 0.3 is 0 Å². The molecule has 3 heteroatoms. The van der Waals surface area contributed by atoms with Crippen molar-refractivity contribution in [2.45, 2.75) is 32.9 Å². The molecule has 96 valence electrons. The van der Waals surface area contributed by atoms with Crippen molar-refractivity contribution in [2.24, 2.45) is 0 Å². The van der Waals surface area contributed by atoms with Crippen LogP contribution in [0, 0.1) is 0 Å². The zero-order chi connectivity index (χ0) is 12.8. The van der Waals surface area contributed by atoms with Gasteiger partial charge in [0, 0.05) is 37.1 Å². The molecule has 0 spiro atoms. The number of rotatable bonds is 6. The first kappa shape index (κ1) is 12.8. The minimum absolute atomic E-state index is 0.577. The summed E-state index contributed by atoms with van der Waals surface area (Å²) in [6.07, 6.45) is 5.07. The van der Waals surface area contributed by atoms with E-state index in [2.05, 4.69) is 40.8 Å². The molecule has 0 bridgehead atoms. The lowest BCUT2D eigenvalue weighted by molar-refractivity contribution is 0.506. The quantitative estimate of drug-likeness (QED) is 0.845. The summed E-state index contributed by atoms with van der Waals surface area (Å²) in [4.78, 5) is 4.44. The van der Waals surface area contributed by atoms with Crippen LogP contribution in [-0.2, 0) is 6.54 Å². The van der Waals surface area contributed by atoms with Gasteiger partial charge in [0.05, 0.1) is 0 Å². The van der Waals surface area contributed by atoms with Crippen molar-refractivity contribution in [1.29, 1.82) is 0 Å². The van der Waals surface area contributed by atoms with E-state index in [9.17, 15) is 0 Å². The van der Waals surface area contributed by atoms with Crippen LogP contribution in [0.1, 0.15) is 20.3 Å². The number of hydrogen-bond donors (Lipinski definition) is 1. The van der Waals surface area contributed by atoms with Crippen molar-refractivity contribution < 1.29 is 0 Å². The molecule has 0 aliphatic heterocycles. The lowest BCUT2D eigenvalue weighted by atomic mass is 10.2. The number of nitrogens with one attached hydrogen (secondary N) is 1. The maximum absolute atomic E-state index is 4.44. The Labute approximate surface area is 109 Å². The molecule has 0 fully saturated rings. The summed E-state index contributed by atoms with van der Waals surface area (Å²) in [6.45, 7) is 6.34. The van der Waals surface area contributed by atoms with Crippen molar-refractivity contribution in [3.63, 3.8) is 0 Å². The SMILES string of the molecule is CCC(C)NCCn1ccnc1-c1ccccc1. The van der Waals surface area contributed by atoms with E-state index in [4.69, 9.17) is 0 Å². The molecular formula is C15H21N3. The van der Waals surface area contributed by atoms with Gasteiger partial charge in [-0.15, -0.1) is 0 Å². The number of imidazole rings is 1. The van der Waals surface area contributed by atoms with Crippen molar-refractivity contribution >= 4 is 0 Å². The van der Waals surface area contributed by atoms with Crippen LogP contribution in [0.4, 0.5) is 0 Å². The average molecular weight is 243 g/mol. The maximum Gasteiger partial charge on any atom is 0.139 e. The molecule has 1 unspecified atom stereocenters. The second kappa shape index (κ2) is 6.36. The largest absolute Gasteiger partial charge is 0.330 e. The first-order chi connectivity index (χ1) is 8.81. The molecule has 0 aliphatic carbocycles. The van der Waals surface area contributed by atoms with E-state index in [1.807, 2.05) is 30.6 Å². The normalized spacial score (nSPS) is 12.6. The summed E-state index contributed by atoms with van der Waals surface area (Å²) in [7, 11) is 0. The highest BCUT2D eigenvalue weighted by molar-refractivity contribution is 5.55. The van der Waals surface area contributed by atoms with Gasteiger partial charge in [-0.05, 0) is 13.3 Å². The van der Waals surface area contributed by atoms with Crippen molar-refractivity contribution in [3.8, 4) is 11.4 Å². The summed E-state index contributed by atoms with van der Waals surface area (Å²) >= 11 is 0. The Morgan fingerprint density at radius 1 is 1.28 bits per heavy atom. The molecule has 1 aromatic heterocycles. The Kier molecular flexibility index (Phi) is 4.53. The van der Waals surface area contributed by atoms with Gasteiger partial charge in [-0.2, -0.15) is 0 Å². The van der Waals surface area contributed by atoms with Crippen LogP contribution in [-0.4, -0.2) is 22.1 Å². The van der Waals surface area contributed by atoms with Gasteiger partial charge in [-0.1, -0.05) is 37.3 Å². The molecule has 1 aromatic carbocycles. The van der Waals surface area contributed by atoms with Gasteiger partial charge in [0.1, 0.15) is 5.82 Å². The lowest BCUT2D eigenvalue weighted by Gasteiger charge is -2.13. The minimum Gasteiger partial charge on any atom is -0.330 e. The molecular weight excluding hydrogens is 222 g/mol. The summed E-state index contributed by atoms with van der Waals surface area (Å²) in [5.74, 6) is 1.04. The standard InChI is InChI=1S/C15H21N3/c1-3-13(2)16-9-11-18-12-10-17-15(18)14-7-5-4-6-8-14/h4-8,10,12-13,16H,3,9,11H2,1-2H3. The third-order valence-corrected chi connectivity index (χ3v) is 3.21. The van der Waals surface area contributed by atoms with E-state index in [1.165, 1.54) is 5.56 Å². The Balaban J connectivity index is 2.00. The van der Waals surface area contributed by atoms with Crippen LogP contribution in [0.3, 0.4) is 0 Å². The van der Waals surface area contributed by atoms with E-state index < -0.39 is 0 Å². The number of benzene rings is 1. The third-order valence-electron chi connectivity index (χ3n) is 3.21. The predicted molar refractivity (Wildman–Crippen MR) is 75.4 cm³/mol. The van der Waals surface area contributed by atoms with Gasteiger partial charge in [0.25, 0.3) is 0 Å². The van der Waals surface area contributed by atoms with Crippen LogP contribution >= 0.6 is 0 Å². The molecule has 1 atom stereocenters. The molecule has 2 aromatic rings. The summed E-state index contributed by atoms with van der Waals surface area (Å²) in [5, 5.41) is 3.50. The van der Waals surface area contributed by atoms with Crippen LogP contribution in [0.2, 0.25) is 0 Å². The molecule has 1 heterocycles. The summed E-state index contributed by atoms with van der Waals surface area (Å²) in [6, 6.07) is 10.9. The van der Waals surface area contributed by atoms with E-state index in [-0.39, 0.29) is 0 Å². The first-order valence-electron chi connectivity index (χ1n) is 6.61. The number of hydrogen-bond acceptors (Lipinski definition) is 2. The molecule has 0 aliphatic rings.